The fourth-order valence-corrected chi connectivity index (χ4v) is 4.41. The molecule has 3 aromatic rings. The van der Waals surface area contributed by atoms with Gasteiger partial charge in [0.25, 0.3) is 0 Å². The lowest BCUT2D eigenvalue weighted by molar-refractivity contribution is -0.139. The lowest BCUT2D eigenvalue weighted by atomic mass is 9.81. The van der Waals surface area contributed by atoms with Crippen molar-refractivity contribution in [2.75, 3.05) is 6.61 Å². The van der Waals surface area contributed by atoms with E-state index in [1.165, 1.54) is 5.56 Å². The molecule has 0 fully saturated rings. The Bertz CT molecular complexity index is 1030. The predicted molar refractivity (Wildman–Crippen MR) is 129 cm³/mol. The van der Waals surface area contributed by atoms with Crippen molar-refractivity contribution >= 4 is 12.2 Å². The summed E-state index contributed by atoms with van der Waals surface area (Å²) in [4.78, 5) is 16.7. The Balaban J connectivity index is 1.31. The summed E-state index contributed by atoms with van der Waals surface area (Å²) in [6.07, 6.45) is 6.49. The smallest absolute Gasteiger partial charge is 0.341 e. The maximum Gasteiger partial charge on any atom is 0.341 e. The van der Waals surface area contributed by atoms with E-state index in [2.05, 4.69) is 35.5 Å². The van der Waals surface area contributed by atoms with Crippen LogP contribution in [-0.2, 0) is 22.5 Å². The summed E-state index contributed by atoms with van der Waals surface area (Å²) in [6.45, 7) is -0.302. The summed E-state index contributed by atoms with van der Waals surface area (Å²) in [6, 6.07) is 26.2. The third-order valence-electron chi connectivity index (χ3n) is 6.04. The molecule has 1 atom stereocenters. The van der Waals surface area contributed by atoms with E-state index in [1.807, 2.05) is 54.7 Å². The summed E-state index contributed by atoms with van der Waals surface area (Å²) in [5, 5.41) is 13.2. The van der Waals surface area contributed by atoms with Crippen molar-refractivity contribution < 1.29 is 19.5 Å². The largest absolute Gasteiger partial charge is 0.482 e. The van der Waals surface area contributed by atoms with Gasteiger partial charge in [-0.3, -0.25) is 0 Å². The van der Waals surface area contributed by atoms with E-state index in [9.17, 15) is 4.79 Å². The average molecular weight is 444 g/mol. The van der Waals surface area contributed by atoms with Gasteiger partial charge in [0.1, 0.15) is 5.75 Å². The van der Waals surface area contributed by atoms with Crippen LogP contribution in [0.3, 0.4) is 0 Å². The molecule has 0 saturated carbocycles. The first-order valence-electron chi connectivity index (χ1n) is 11.4. The number of nitrogens with zero attached hydrogens (tertiary/aromatic N) is 1. The monoisotopic (exact) mass is 443 g/mol. The number of hydrogen-bond donors (Lipinski definition) is 1. The Labute approximate surface area is 194 Å². The Morgan fingerprint density at radius 3 is 2.36 bits per heavy atom. The van der Waals surface area contributed by atoms with Crippen LogP contribution in [0, 0.1) is 5.92 Å². The summed E-state index contributed by atoms with van der Waals surface area (Å²) < 4.78 is 5.47. The SMILES string of the molecule is O=C(O)COc1cccc2c1CCC(CCC=NOC(c1ccccc1)c1ccccc1)C2. The number of carbonyl (C=O) groups is 1. The summed E-state index contributed by atoms with van der Waals surface area (Å²) in [5.41, 5.74) is 4.56. The van der Waals surface area contributed by atoms with Crippen molar-refractivity contribution in [3.8, 4) is 5.75 Å². The number of aliphatic carboxylic acids is 1. The molecule has 0 heterocycles. The zero-order valence-electron chi connectivity index (χ0n) is 18.6. The van der Waals surface area contributed by atoms with E-state index in [1.54, 1.807) is 0 Å². The van der Waals surface area contributed by atoms with Crippen LogP contribution >= 0.6 is 0 Å². The molecule has 5 nitrogen and oxygen atoms in total. The summed E-state index contributed by atoms with van der Waals surface area (Å²) >= 11 is 0. The molecule has 0 aromatic heterocycles. The molecule has 170 valence electrons. The van der Waals surface area contributed by atoms with Crippen molar-refractivity contribution in [1.29, 1.82) is 0 Å². The zero-order valence-corrected chi connectivity index (χ0v) is 18.6. The van der Waals surface area contributed by atoms with Gasteiger partial charge in [-0.15, -0.1) is 0 Å². The minimum atomic E-state index is -0.954. The molecule has 1 N–H and O–H groups in total. The molecule has 1 aliphatic carbocycles. The molecule has 4 rings (SSSR count). The van der Waals surface area contributed by atoms with Gasteiger partial charge in [-0.25, -0.2) is 4.79 Å². The first kappa shape index (κ1) is 22.6. The van der Waals surface area contributed by atoms with Crippen LogP contribution in [0.4, 0.5) is 0 Å². The molecule has 0 aliphatic heterocycles. The van der Waals surface area contributed by atoms with Crippen LogP contribution in [0.5, 0.6) is 5.75 Å². The third-order valence-corrected chi connectivity index (χ3v) is 6.04. The number of oxime groups is 1. The topological polar surface area (TPSA) is 68.1 Å². The molecule has 0 saturated heterocycles. The maximum absolute atomic E-state index is 10.8. The number of benzene rings is 3. The number of hydrogen-bond acceptors (Lipinski definition) is 4. The molecule has 1 aliphatic rings. The second-order valence-corrected chi connectivity index (χ2v) is 8.36. The molecule has 0 radical (unpaired) electrons. The molecule has 0 spiro atoms. The number of fused-ring (bicyclic) bond motifs is 1. The lowest BCUT2D eigenvalue weighted by Crippen LogP contribution is -2.17. The van der Waals surface area contributed by atoms with Crippen molar-refractivity contribution in [3.63, 3.8) is 0 Å². The molecular weight excluding hydrogens is 414 g/mol. The molecular formula is C28H29NO4. The fraction of sp³-hybridized carbons (Fsp3) is 0.286. The van der Waals surface area contributed by atoms with E-state index in [0.717, 1.165) is 48.8 Å². The quantitative estimate of drug-likeness (QED) is 0.316. The molecule has 0 amide bonds. The van der Waals surface area contributed by atoms with Gasteiger partial charge in [0.05, 0.1) is 0 Å². The highest BCUT2D eigenvalue weighted by Gasteiger charge is 2.21. The van der Waals surface area contributed by atoms with Crippen LogP contribution in [0.2, 0.25) is 0 Å². The Kier molecular flexibility index (Phi) is 7.75. The zero-order chi connectivity index (χ0) is 22.9. The van der Waals surface area contributed by atoms with E-state index >= 15 is 0 Å². The first-order chi connectivity index (χ1) is 16.2. The fourth-order valence-electron chi connectivity index (χ4n) is 4.41. The Hall–Kier alpha value is -3.60. The minimum absolute atomic E-state index is 0.227. The number of carboxylic acid groups (broad SMARTS) is 1. The van der Waals surface area contributed by atoms with Crippen LogP contribution < -0.4 is 4.74 Å². The highest BCUT2D eigenvalue weighted by atomic mass is 16.6. The van der Waals surface area contributed by atoms with Gasteiger partial charge >= 0.3 is 5.97 Å². The molecule has 5 heteroatoms. The number of carboxylic acids is 1. The van der Waals surface area contributed by atoms with Crippen molar-refractivity contribution in [2.24, 2.45) is 11.1 Å². The standard InChI is InChI=1S/C28H29NO4/c30-27(31)20-32-26-15-7-14-24-19-21(16-17-25(24)26)9-8-18-29-33-28(22-10-3-1-4-11-22)23-12-5-2-6-13-23/h1-7,10-15,18,21,28H,8-9,16-17,19-20H2,(H,30,31). The Morgan fingerprint density at radius 1 is 1.00 bits per heavy atom. The van der Waals surface area contributed by atoms with Crippen molar-refractivity contribution in [3.05, 3.63) is 101 Å². The van der Waals surface area contributed by atoms with Crippen LogP contribution in [0.15, 0.2) is 84.0 Å². The Morgan fingerprint density at radius 2 is 1.70 bits per heavy atom. The number of ether oxygens (including phenoxy) is 1. The minimum Gasteiger partial charge on any atom is -0.482 e. The second-order valence-electron chi connectivity index (χ2n) is 8.36. The average Bonchev–Trinajstić information content (AvgIpc) is 2.85. The van der Waals surface area contributed by atoms with Gasteiger partial charge in [-0.1, -0.05) is 78.0 Å². The molecule has 1 unspecified atom stereocenters. The van der Waals surface area contributed by atoms with E-state index in [-0.39, 0.29) is 12.7 Å². The van der Waals surface area contributed by atoms with Gasteiger partial charge in [0, 0.05) is 6.21 Å². The number of rotatable bonds is 10. The first-order valence-corrected chi connectivity index (χ1v) is 11.4. The van der Waals surface area contributed by atoms with Crippen LogP contribution in [0.25, 0.3) is 0 Å². The highest BCUT2D eigenvalue weighted by molar-refractivity contribution is 5.68. The van der Waals surface area contributed by atoms with E-state index in [4.69, 9.17) is 14.7 Å². The van der Waals surface area contributed by atoms with Gasteiger partial charge < -0.3 is 14.7 Å². The normalized spacial score (nSPS) is 15.4. The van der Waals surface area contributed by atoms with Crippen molar-refractivity contribution in [1.82, 2.24) is 0 Å². The molecule has 3 aromatic carbocycles. The molecule has 33 heavy (non-hydrogen) atoms. The van der Waals surface area contributed by atoms with Crippen molar-refractivity contribution in [2.45, 2.75) is 38.2 Å². The van der Waals surface area contributed by atoms with Crippen LogP contribution in [0.1, 0.15) is 47.6 Å². The summed E-state index contributed by atoms with van der Waals surface area (Å²) in [7, 11) is 0. The van der Waals surface area contributed by atoms with E-state index < -0.39 is 5.97 Å². The summed E-state index contributed by atoms with van der Waals surface area (Å²) in [5.74, 6) is 0.318. The highest BCUT2D eigenvalue weighted by Crippen LogP contribution is 2.34. The van der Waals surface area contributed by atoms with Gasteiger partial charge in [0.15, 0.2) is 12.7 Å². The molecule has 0 bridgehead atoms. The van der Waals surface area contributed by atoms with Crippen LogP contribution in [-0.4, -0.2) is 23.9 Å². The predicted octanol–water partition coefficient (Wildman–Crippen LogP) is 5.83. The second kappa shape index (κ2) is 11.3. The van der Waals surface area contributed by atoms with E-state index in [0.29, 0.717) is 11.7 Å². The third kappa shape index (κ3) is 6.22. The van der Waals surface area contributed by atoms with Gasteiger partial charge in [-0.05, 0) is 66.3 Å². The van der Waals surface area contributed by atoms with Gasteiger partial charge in [-0.2, -0.15) is 0 Å². The van der Waals surface area contributed by atoms with Gasteiger partial charge in [0.2, 0.25) is 0 Å². The maximum atomic E-state index is 10.8. The lowest BCUT2D eigenvalue weighted by Gasteiger charge is -2.25.